The molecule has 0 saturated heterocycles. The lowest BCUT2D eigenvalue weighted by Gasteiger charge is -2.17. The van der Waals surface area contributed by atoms with E-state index in [2.05, 4.69) is 51.1 Å². The zero-order chi connectivity index (χ0) is 19.8. The minimum atomic E-state index is 0.0655. The third-order valence-electron chi connectivity index (χ3n) is 4.64. The van der Waals surface area contributed by atoms with Gasteiger partial charge in [0.1, 0.15) is 12.4 Å². The first-order valence-corrected chi connectivity index (χ1v) is 9.58. The second-order valence-corrected chi connectivity index (χ2v) is 6.45. The van der Waals surface area contributed by atoms with E-state index < -0.39 is 0 Å². The summed E-state index contributed by atoms with van der Waals surface area (Å²) in [5.74, 6) is 0.888. The molecule has 0 unspecified atom stereocenters. The van der Waals surface area contributed by atoms with E-state index in [9.17, 15) is 5.11 Å². The van der Waals surface area contributed by atoms with Crippen LogP contribution in [0.15, 0.2) is 60.7 Å². The Bertz CT molecular complexity index is 844. The Morgan fingerprint density at radius 2 is 1.44 bits per heavy atom. The van der Waals surface area contributed by atoms with Gasteiger partial charge >= 0.3 is 0 Å². The SMILES string of the molecule is CC.Cc1cc(OCc2ccccc2)cc(C)c1-c1cccc(CO)c1C. The molecule has 0 radical (unpaired) electrons. The highest BCUT2D eigenvalue weighted by Crippen LogP contribution is 2.34. The van der Waals surface area contributed by atoms with E-state index in [1.165, 1.54) is 22.3 Å². The van der Waals surface area contributed by atoms with Gasteiger partial charge in [-0.2, -0.15) is 0 Å². The summed E-state index contributed by atoms with van der Waals surface area (Å²) in [7, 11) is 0. The van der Waals surface area contributed by atoms with Gasteiger partial charge in [-0.1, -0.05) is 62.4 Å². The van der Waals surface area contributed by atoms with Gasteiger partial charge in [0.2, 0.25) is 0 Å². The summed E-state index contributed by atoms with van der Waals surface area (Å²) in [4.78, 5) is 0. The lowest BCUT2D eigenvalue weighted by molar-refractivity contribution is 0.281. The van der Waals surface area contributed by atoms with Gasteiger partial charge in [0.25, 0.3) is 0 Å². The van der Waals surface area contributed by atoms with E-state index in [1.54, 1.807) is 0 Å². The van der Waals surface area contributed by atoms with E-state index in [0.717, 1.165) is 22.4 Å². The average molecular weight is 363 g/mol. The van der Waals surface area contributed by atoms with Gasteiger partial charge in [0, 0.05) is 0 Å². The maximum absolute atomic E-state index is 9.53. The second-order valence-electron chi connectivity index (χ2n) is 6.45. The Labute approximate surface area is 163 Å². The first kappa shape index (κ1) is 20.7. The number of ether oxygens (including phenoxy) is 1. The summed E-state index contributed by atoms with van der Waals surface area (Å²) >= 11 is 0. The molecule has 1 N–H and O–H groups in total. The maximum atomic E-state index is 9.53. The van der Waals surface area contributed by atoms with Crippen molar-refractivity contribution in [3.8, 4) is 16.9 Å². The van der Waals surface area contributed by atoms with Crippen LogP contribution in [0.3, 0.4) is 0 Å². The van der Waals surface area contributed by atoms with Crippen molar-refractivity contribution in [1.29, 1.82) is 0 Å². The highest BCUT2D eigenvalue weighted by molar-refractivity contribution is 5.75. The minimum Gasteiger partial charge on any atom is -0.489 e. The Kier molecular flexibility index (Phi) is 7.63. The number of hydrogen-bond donors (Lipinski definition) is 1. The standard InChI is InChI=1S/C23H24O2.C2H6/c1-16-12-21(25-15-19-8-5-4-6-9-19)13-17(2)23(16)22-11-7-10-20(14-24)18(22)3;1-2/h4-13,24H,14-15H2,1-3H3;1-2H3. The van der Waals surface area contributed by atoms with E-state index in [0.29, 0.717) is 6.61 Å². The van der Waals surface area contributed by atoms with Crippen LogP contribution in [0.1, 0.15) is 41.7 Å². The van der Waals surface area contributed by atoms with Gasteiger partial charge in [-0.15, -0.1) is 0 Å². The molecule has 142 valence electrons. The molecule has 0 aliphatic heterocycles. The van der Waals surface area contributed by atoms with Crippen molar-refractivity contribution < 1.29 is 9.84 Å². The number of benzene rings is 3. The quantitative estimate of drug-likeness (QED) is 0.571. The first-order valence-electron chi connectivity index (χ1n) is 9.58. The molecule has 0 bridgehead atoms. The van der Waals surface area contributed by atoms with Crippen LogP contribution < -0.4 is 4.74 Å². The Balaban J connectivity index is 0.00000126. The van der Waals surface area contributed by atoms with E-state index in [1.807, 2.05) is 44.2 Å². The average Bonchev–Trinajstić information content (AvgIpc) is 2.69. The molecular weight excluding hydrogens is 332 g/mol. The normalized spacial score (nSPS) is 10.1. The van der Waals surface area contributed by atoms with E-state index in [4.69, 9.17) is 4.74 Å². The van der Waals surface area contributed by atoms with Gasteiger partial charge in [-0.3, -0.25) is 0 Å². The van der Waals surface area contributed by atoms with Gasteiger partial charge in [0.05, 0.1) is 6.61 Å². The zero-order valence-electron chi connectivity index (χ0n) is 17.0. The van der Waals surface area contributed by atoms with Crippen LogP contribution in [0.4, 0.5) is 0 Å². The van der Waals surface area contributed by atoms with Crippen LogP contribution in [0.2, 0.25) is 0 Å². The van der Waals surface area contributed by atoms with Crippen molar-refractivity contribution >= 4 is 0 Å². The molecule has 3 aromatic rings. The van der Waals surface area contributed by atoms with Gasteiger partial charge in [-0.25, -0.2) is 0 Å². The number of hydrogen-bond acceptors (Lipinski definition) is 2. The van der Waals surface area contributed by atoms with Gasteiger partial charge in [-0.05, 0) is 71.8 Å². The lowest BCUT2D eigenvalue weighted by Crippen LogP contribution is -1.99. The van der Waals surface area contributed by atoms with Crippen LogP contribution in [0, 0.1) is 20.8 Å². The summed E-state index contributed by atoms with van der Waals surface area (Å²) in [6.45, 7) is 10.9. The molecule has 0 spiro atoms. The highest BCUT2D eigenvalue weighted by Gasteiger charge is 2.12. The molecule has 2 heteroatoms. The third-order valence-corrected chi connectivity index (χ3v) is 4.64. The van der Waals surface area contributed by atoms with E-state index >= 15 is 0 Å². The van der Waals surface area contributed by atoms with Crippen molar-refractivity contribution in [3.63, 3.8) is 0 Å². The van der Waals surface area contributed by atoms with Crippen LogP contribution in [0.25, 0.3) is 11.1 Å². The molecule has 27 heavy (non-hydrogen) atoms. The second kappa shape index (κ2) is 9.94. The Hall–Kier alpha value is -2.58. The van der Waals surface area contributed by atoms with Crippen molar-refractivity contribution in [3.05, 3.63) is 88.5 Å². The summed E-state index contributed by atoms with van der Waals surface area (Å²) in [6, 6.07) is 20.5. The summed E-state index contributed by atoms with van der Waals surface area (Å²) in [5.41, 5.74) is 8.03. The fraction of sp³-hybridized carbons (Fsp3) is 0.280. The summed E-state index contributed by atoms with van der Waals surface area (Å²) in [5, 5.41) is 9.53. The summed E-state index contributed by atoms with van der Waals surface area (Å²) in [6.07, 6.45) is 0. The lowest BCUT2D eigenvalue weighted by atomic mass is 9.90. The monoisotopic (exact) mass is 362 g/mol. The number of rotatable bonds is 5. The molecule has 3 rings (SSSR count). The molecule has 2 nitrogen and oxygen atoms in total. The molecular formula is C25H30O2. The molecule has 3 aromatic carbocycles. The van der Waals surface area contributed by atoms with Gasteiger partial charge in [0.15, 0.2) is 0 Å². The maximum Gasteiger partial charge on any atom is 0.120 e. The fourth-order valence-electron chi connectivity index (χ4n) is 3.30. The molecule has 0 heterocycles. The topological polar surface area (TPSA) is 29.5 Å². The smallest absolute Gasteiger partial charge is 0.120 e. The summed E-state index contributed by atoms with van der Waals surface area (Å²) < 4.78 is 5.98. The Morgan fingerprint density at radius 3 is 2.04 bits per heavy atom. The molecule has 0 saturated carbocycles. The fourth-order valence-corrected chi connectivity index (χ4v) is 3.30. The molecule has 0 aliphatic rings. The minimum absolute atomic E-state index is 0.0655. The molecule has 0 fully saturated rings. The largest absolute Gasteiger partial charge is 0.489 e. The molecule has 0 atom stereocenters. The molecule has 0 aliphatic carbocycles. The molecule has 0 amide bonds. The number of aliphatic hydroxyl groups excluding tert-OH is 1. The van der Waals surface area contributed by atoms with Crippen LogP contribution >= 0.6 is 0 Å². The van der Waals surface area contributed by atoms with Crippen LogP contribution in [0.5, 0.6) is 5.75 Å². The van der Waals surface area contributed by atoms with Crippen molar-refractivity contribution in [2.45, 2.75) is 47.8 Å². The van der Waals surface area contributed by atoms with Crippen molar-refractivity contribution in [2.75, 3.05) is 0 Å². The van der Waals surface area contributed by atoms with Crippen LogP contribution in [-0.2, 0) is 13.2 Å². The predicted molar refractivity (Wildman–Crippen MR) is 114 cm³/mol. The highest BCUT2D eigenvalue weighted by atomic mass is 16.5. The first-order chi connectivity index (χ1) is 13.1. The van der Waals surface area contributed by atoms with Crippen molar-refractivity contribution in [2.24, 2.45) is 0 Å². The van der Waals surface area contributed by atoms with Crippen LogP contribution in [-0.4, -0.2) is 5.11 Å². The Morgan fingerprint density at radius 1 is 0.815 bits per heavy atom. The van der Waals surface area contributed by atoms with Crippen molar-refractivity contribution in [1.82, 2.24) is 0 Å². The zero-order valence-corrected chi connectivity index (χ0v) is 17.0. The van der Waals surface area contributed by atoms with E-state index in [-0.39, 0.29) is 6.61 Å². The predicted octanol–water partition coefficient (Wildman–Crippen LogP) is 6.38. The third kappa shape index (κ3) is 4.99. The molecule has 0 aromatic heterocycles. The van der Waals surface area contributed by atoms with Gasteiger partial charge < -0.3 is 9.84 Å². The number of aliphatic hydroxyl groups is 1. The number of aryl methyl sites for hydroxylation is 2.